The van der Waals surface area contributed by atoms with E-state index in [1.807, 2.05) is 18.2 Å². The SMILES string of the molecule is CC(CCc1ccc(Oc2nc3ccccc3s2)cc1)C1CC1. The summed E-state index contributed by atoms with van der Waals surface area (Å²) in [6, 6.07) is 16.6. The number of ether oxygens (including phenoxy) is 1. The Morgan fingerprint density at radius 3 is 2.65 bits per heavy atom. The molecule has 1 unspecified atom stereocenters. The average molecular weight is 323 g/mol. The maximum absolute atomic E-state index is 5.90. The number of benzene rings is 2. The fourth-order valence-electron chi connectivity index (χ4n) is 3.02. The van der Waals surface area contributed by atoms with Gasteiger partial charge in [0.2, 0.25) is 0 Å². The van der Waals surface area contributed by atoms with E-state index in [-0.39, 0.29) is 0 Å². The molecule has 0 radical (unpaired) electrons. The number of hydrogen-bond acceptors (Lipinski definition) is 3. The van der Waals surface area contributed by atoms with Gasteiger partial charge in [-0.05, 0) is 67.3 Å². The summed E-state index contributed by atoms with van der Waals surface area (Å²) in [5.41, 5.74) is 2.40. The van der Waals surface area contributed by atoms with E-state index in [0.29, 0.717) is 5.19 Å². The Bertz CT molecular complexity index is 756. The Labute approximate surface area is 141 Å². The van der Waals surface area contributed by atoms with Crippen LogP contribution in [0.25, 0.3) is 10.2 Å². The van der Waals surface area contributed by atoms with E-state index < -0.39 is 0 Å². The molecule has 2 aromatic carbocycles. The molecule has 0 saturated heterocycles. The Kier molecular flexibility index (Phi) is 4.04. The van der Waals surface area contributed by atoms with Gasteiger partial charge in [0.1, 0.15) is 5.75 Å². The molecule has 3 aromatic rings. The maximum atomic E-state index is 5.90. The van der Waals surface area contributed by atoms with Gasteiger partial charge in [0.25, 0.3) is 5.19 Å². The molecule has 1 aliphatic rings. The van der Waals surface area contributed by atoms with Gasteiger partial charge in [-0.3, -0.25) is 0 Å². The molecule has 1 aromatic heterocycles. The summed E-state index contributed by atoms with van der Waals surface area (Å²) < 4.78 is 7.06. The Hall–Kier alpha value is -1.87. The van der Waals surface area contributed by atoms with Gasteiger partial charge >= 0.3 is 0 Å². The predicted octanol–water partition coefficient (Wildman–Crippen LogP) is 6.07. The third-order valence-electron chi connectivity index (χ3n) is 4.72. The highest BCUT2D eigenvalue weighted by Gasteiger charge is 2.27. The van der Waals surface area contributed by atoms with Crippen molar-refractivity contribution in [2.24, 2.45) is 11.8 Å². The minimum absolute atomic E-state index is 0.710. The van der Waals surface area contributed by atoms with Crippen LogP contribution >= 0.6 is 11.3 Å². The lowest BCUT2D eigenvalue weighted by atomic mass is 9.97. The van der Waals surface area contributed by atoms with Gasteiger partial charge in [0.15, 0.2) is 0 Å². The van der Waals surface area contributed by atoms with Gasteiger partial charge in [-0.15, -0.1) is 0 Å². The molecule has 1 fully saturated rings. The largest absolute Gasteiger partial charge is 0.431 e. The van der Waals surface area contributed by atoms with Crippen LogP contribution in [0.5, 0.6) is 10.9 Å². The number of aromatic nitrogens is 1. The Morgan fingerprint density at radius 2 is 1.91 bits per heavy atom. The summed E-state index contributed by atoms with van der Waals surface area (Å²) in [6.45, 7) is 2.39. The standard InChI is InChI=1S/C20H21NOS/c1-14(16-10-11-16)6-7-15-8-12-17(13-9-15)22-20-21-18-4-2-3-5-19(18)23-20/h2-5,8-9,12-14,16H,6-7,10-11H2,1H3. The van der Waals surface area contributed by atoms with Crippen molar-refractivity contribution in [1.29, 1.82) is 0 Å². The molecule has 1 atom stereocenters. The fraction of sp³-hybridized carbons (Fsp3) is 0.350. The predicted molar refractivity (Wildman–Crippen MR) is 96.3 cm³/mol. The maximum Gasteiger partial charge on any atom is 0.279 e. The summed E-state index contributed by atoms with van der Waals surface area (Å²) in [4.78, 5) is 4.51. The van der Waals surface area contributed by atoms with Crippen LogP contribution in [-0.2, 0) is 6.42 Å². The van der Waals surface area contributed by atoms with Crippen molar-refractivity contribution in [3.63, 3.8) is 0 Å². The molecule has 0 aliphatic heterocycles. The van der Waals surface area contributed by atoms with Crippen LogP contribution in [0.15, 0.2) is 48.5 Å². The molecule has 0 bridgehead atoms. The highest BCUT2D eigenvalue weighted by atomic mass is 32.1. The normalized spacial score (nSPS) is 15.7. The average Bonchev–Trinajstić information content (AvgIpc) is 3.34. The molecule has 1 aliphatic carbocycles. The number of thiazole rings is 1. The summed E-state index contributed by atoms with van der Waals surface area (Å²) in [7, 11) is 0. The Morgan fingerprint density at radius 1 is 1.13 bits per heavy atom. The monoisotopic (exact) mass is 323 g/mol. The van der Waals surface area contributed by atoms with Gasteiger partial charge in [-0.25, -0.2) is 4.98 Å². The second kappa shape index (κ2) is 6.32. The molecule has 118 valence electrons. The number of rotatable bonds is 6. The van der Waals surface area contributed by atoms with Crippen LogP contribution in [0.3, 0.4) is 0 Å². The highest BCUT2D eigenvalue weighted by Crippen LogP contribution is 2.38. The van der Waals surface area contributed by atoms with Crippen molar-refractivity contribution in [3.05, 3.63) is 54.1 Å². The molecular formula is C20H21NOS. The van der Waals surface area contributed by atoms with Crippen molar-refractivity contribution < 1.29 is 4.74 Å². The number of fused-ring (bicyclic) bond motifs is 1. The number of nitrogens with zero attached hydrogens (tertiary/aromatic N) is 1. The molecule has 4 rings (SSSR count). The molecule has 0 spiro atoms. The first-order valence-electron chi connectivity index (χ1n) is 8.40. The third kappa shape index (κ3) is 3.56. The van der Waals surface area contributed by atoms with Gasteiger partial charge < -0.3 is 4.74 Å². The molecule has 2 nitrogen and oxygen atoms in total. The van der Waals surface area contributed by atoms with Crippen molar-refractivity contribution in [2.75, 3.05) is 0 Å². The van der Waals surface area contributed by atoms with Gasteiger partial charge in [0.05, 0.1) is 10.2 Å². The van der Waals surface area contributed by atoms with Crippen LogP contribution in [0.2, 0.25) is 0 Å². The minimum atomic E-state index is 0.710. The summed E-state index contributed by atoms with van der Waals surface area (Å²) in [6.07, 6.45) is 5.34. The molecule has 1 heterocycles. The topological polar surface area (TPSA) is 22.1 Å². The first-order chi connectivity index (χ1) is 11.3. The van der Waals surface area contributed by atoms with E-state index in [0.717, 1.165) is 27.8 Å². The van der Waals surface area contributed by atoms with Gasteiger partial charge in [0, 0.05) is 0 Å². The van der Waals surface area contributed by atoms with E-state index in [1.54, 1.807) is 11.3 Å². The third-order valence-corrected chi connectivity index (χ3v) is 5.63. The molecule has 0 N–H and O–H groups in total. The quantitative estimate of drug-likeness (QED) is 0.549. The smallest absolute Gasteiger partial charge is 0.279 e. The molecule has 0 amide bonds. The lowest BCUT2D eigenvalue weighted by Crippen LogP contribution is -1.99. The van der Waals surface area contributed by atoms with E-state index in [4.69, 9.17) is 4.74 Å². The van der Waals surface area contributed by atoms with Crippen molar-refractivity contribution in [1.82, 2.24) is 4.98 Å². The van der Waals surface area contributed by atoms with E-state index in [1.165, 1.54) is 31.2 Å². The van der Waals surface area contributed by atoms with Crippen LogP contribution in [0.1, 0.15) is 31.7 Å². The second-order valence-electron chi connectivity index (χ2n) is 6.55. The van der Waals surface area contributed by atoms with Crippen LogP contribution in [0, 0.1) is 11.8 Å². The summed E-state index contributed by atoms with van der Waals surface area (Å²) in [5.74, 6) is 2.73. The van der Waals surface area contributed by atoms with Crippen molar-refractivity contribution in [3.8, 4) is 10.9 Å². The van der Waals surface area contributed by atoms with E-state index >= 15 is 0 Å². The van der Waals surface area contributed by atoms with E-state index in [9.17, 15) is 0 Å². The molecule has 23 heavy (non-hydrogen) atoms. The lowest BCUT2D eigenvalue weighted by molar-refractivity contribution is 0.469. The number of aryl methyl sites for hydroxylation is 1. The zero-order chi connectivity index (χ0) is 15.6. The molecular weight excluding hydrogens is 302 g/mol. The summed E-state index contributed by atoms with van der Waals surface area (Å²) >= 11 is 1.59. The lowest BCUT2D eigenvalue weighted by Gasteiger charge is -2.09. The molecule has 1 saturated carbocycles. The van der Waals surface area contributed by atoms with Crippen LogP contribution < -0.4 is 4.74 Å². The highest BCUT2D eigenvalue weighted by molar-refractivity contribution is 7.20. The molecule has 3 heteroatoms. The Balaban J connectivity index is 1.39. The van der Waals surface area contributed by atoms with Crippen LogP contribution in [-0.4, -0.2) is 4.98 Å². The summed E-state index contributed by atoms with van der Waals surface area (Å²) in [5, 5.41) is 0.710. The van der Waals surface area contributed by atoms with E-state index in [2.05, 4.69) is 42.2 Å². The minimum Gasteiger partial charge on any atom is -0.431 e. The number of hydrogen-bond donors (Lipinski definition) is 0. The van der Waals surface area contributed by atoms with Crippen molar-refractivity contribution >= 4 is 21.6 Å². The zero-order valence-electron chi connectivity index (χ0n) is 13.4. The fourth-order valence-corrected chi connectivity index (χ4v) is 3.85. The first-order valence-corrected chi connectivity index (χ1v) is 9.22. The van der Waals surface area contributed by atoms with Crippen molar-refractivity contribution in [2.45, 2.75) is 32.6 Å². The number of para-hydroxylation sites is 1. The van der Waals surface area contributed by atoms with Gasteiger partial charge in [-0.2, -0.15) is 0 Å². The second-order valence-corrected chi connectivity index (χ2v) is 7.54. The zero-order valence-corrected chi connectivity index (χ0v) is 14.2. The van der Waals surface area contributed by atoms with Crippen LogP contribution in [0.4, 0.5) is 0 Å². The van der Waals surface area contributed by atoms with Gasteiger partial charge in [-0.1, -0.05) is 42.5 Å². The first kappa shape index (κ1) is 14.7.